The van der Waals surface area contributed by atoms with Crippen molar-refractivity contribution >= 4 is 5.69 Å². The molecule has 1 aliphatic rings. The number of hydrogen-bond acceptors (Lipinski definition) is 3. The maximum Gasteiger partial charge on any atom is 0.119 e. The molecule has 0 aromatic heterocycles. The van der Waals surface area contributed by atoms with Gasteiger partial charge >= 0.3 is 0 Å². The third-order valence-electron chi connectivity index (χ3n) is 4.29. The molecular formula is C17H27NO2. The highest BCUT2D eigenvalue weighted by Gasteiger charge is 2.27. The molecule has 0 bridgehead atoms. The topological polar surface area (TPSA) is 30.5 Å². The van der Waals surface area contributed by atoms with Crippen LogP contribution in [0.2, 0.25) is 0 Å². The summed E-state index contributed by atoms with van der Waals surface area (Å²) in [7, 11) is 1.68. The summed E-state index contributed by atoms with van der Waals surface area (Å²) in [5, 5.41) is 3.69. The quantitative estimate of drug-likeness (QED) is 0.799. The van der Waals surface area contributed by atoms with Gasteiger partial charge in [0, 0.05) is 18.8 Å². The zero-order chi connectivity index (χ0) is 14.4. The molecule has 3 nitrogen and oxygen atoms in total. The van der Waals surface area contributed by atoms with Crippen molar-refractivity contribution in [2.45, 2.75) is 39.2 Å². The van der Waals surface area contributed by atoms with E-state index in [0.29, 0.717) is 19.3 Å². The third-order valence-corrected chi connectivity index (χ3v) is 4.29. The Bertz CT molecular complexity index is 380. The summed E-state index contributed by atoms with van der Waals surface area (Å²) in [4.78, 5) is 0. The van der Waals surface area contributed by atoms with Gasteiger partial charge in [0.1, 0.15) is 12.4 Å². The molecule has 2 unspecified atom stereocenters. The first-order valence-corrected chi connectivity index (χ1v) is 7.69. The Kier molecular flexibility index (Phi) is 5.72. The van der Waals surface area contributed by atoms with E-state index in [0.717, 1.165) is 17.6 Å². The highest BCUT2D eigenvalue weighted by atomic mass is 16.5. The van der Waals surface area contributed by atoms with Gasteiger partial charge in [-0.05, 0) is 48.9 Å². The zero-order valence-electron chi connectivity index (χ0n) is 12.9. The van der Waals surface area contributed by atoms with E-state index in [1.54, 1.807) is 7.11 Å². The SMILES string of the molecule is COCCOc1ccc(NC2C(C)CCCC2C)cc1. The first-order valence-electron chi connectivity index (χ1n) is 7.69. The smallest absolute Gasteiger partial charge is 0.119 e. The highest BCUT2D eigenvalue weighted by Crippen LogP contribution is 2.31. The first kappa shape index (κ1) is 15.2. The van der Waals surface area contributed by atoms with Crippen molar-refractivity contribution in [3.05, 3.63) is 24.3 Å². The van der Waals surface area contributed by atoms with Crippen LogP contribution in [0.1, 0.15) is 33.1 Å². The predicted molar refractivity (Wildman–Crippen MR) is 83.4 cm³/mol. The molecule has 1 saturated carbocycles. The molecule has 1 N–H and O–H groups in total. The number of ether oxygens (including phenoxy) is 2. The van der Waals surface area contributed by atoms with E-state index < -0.39 is 0 Å². The molecule has 1 fully saturated rings. The van der Waals surface area contributed by atoms with Gasteiger partial charge in [-0.3, -0.25) is 0 Å². The summed E-state index contributed by atoms with van der Waals surface area (Å²) in [5.74, 6) is 2.39. The van der Waals surface area contributed by atoms with Gasteiger partial charge in [-0.2, -0.15) is 0 Å². The number of rotatable bonds is 6. The van der Waals surface area contributed by atoms with E-state index in [9.17, 15) is 0 Å². The molecule has 0 heterocycles. The first-order chi connectivity index (χ1) is 9.70. The molecule has 0 spiro atoms. The molecule has 0 radical (unpaired) electrons. The fourth-order valence-electron chi connectivity index (χ4n) is 3.05. The van der Waals surface area contributed by atoms with Crippen molar-refractivity contribution in [2.24, 2.45) is 11.8 Å². The summed E-state index contributed by atoms with van der Waals surface area (Å²) in [6.07, 6.45) is 4.03. The van der Waals surface area contributed by atoms with Crippen LogP contribution in [-0.4, -0.2) is 26.4 Å². The molecule has 2 atom stereocenters. The van der Waals surface area contributed by atoms with Crippen LogP contribution in [0.4, 0.5) is 5.69 Å². The van der Waals surface area contributed by atoms with Crippen molar-refractivity contribution in [3.63, 3.8) is 0 Å². The van der Waals surface area contributed by atoms with Gasteiger partial charge in [-0.1, -0.05) is 20.3 Å². The van der Waals surface area contributed by atoms with E-state index in [2.05, 4.69) is 31.3 Å². The van der Waals surface area contributed by atoms with E-state index in [1.807, 2.05) is 12.1 Å². The van der Waals surface area contributed by atoms with Crippen molar-refractivity contribution in [2.75, 3.05) is 25.6 Å². The Morgan fingerprint density at radius 2 is 1.70 bits per heavy atom. The van der Waals surface area contributed by atoms with Gasteiger partial charge in [0.2, 0.25) is 0 Å². The Hall–Kier alpha value is -1.22. The van der Waals surface area contributed by atoms with E-state index in [4.69, 9.17) is 9.47 Å². The minimum Gasteiger partial charge on any atom is -0.491 e. The van der Waals surface area contributed by atoms with Gasteiger partial charge < -0.3 is 14.8 Å². The molecule has 3 heteroatoms. The van der Waals surface area contributed by atoms with Crippen molar-refractivity contribution < 1.29 is 9.47 Å². The predicted octanol–water partition coefficient (Wildman–Crippen LogP) is 3.95. The van der Waals surface area contributed by atoms with Crippen LogP contribution in [0.25, 0.3) is 0 Å². The lowest BCUT2D eigenvalue weighted by molar-refractivity contribution is 0.146. The molecule has 0 saturated heterocycles. The Morgan fingerprint density at radius 3 is 2.30 bits per heavy atom. The molecule has 1 aromatic rings. The Morgan fingerprint density at radius 1 is 1.05 bits per heavy atom. The molecule has 112 valence electrons. The number of methoxy groups -OCH3 is 1. The summed E-state index contributed by atoms with van der Waals surface area (Å²) in [6.45, 7) is 5.93. The molecule has 2 rings (SSSR count). The maximum atomic E-state index is 5.58. The maximum absolute atomic E-state index is 5.58. The molecule has 1 aliphatic carbocycles. The summed E-state index contributed by atoms with van der Waals surface area (Å²) >= 11 is 0. The average molecular weight is 277 g/mol. The van der Waals surface area contributed by atoms with Gasteiger partial charge in [-0.25, -0.2) is 0 Å². The third kappa shape index (κ3) is 4.14. The van der Waals surface area contributed by atoms with Crippen LogP contribution in [0, 0.1) is 11.8 Å². The van der Waals surface area contributed by atoms with Gasteiger partial charge in [0.25, 0.3) is 0 Å². The summed E-state index contributed by atoms with van der Waals surface area (Å²) < 4.78 is 10.6. The van der Waals surface area contributed by atoms with Crippen LogP contribution in [0.15, 0.2) is 24.3 Å². The van der Waals surface area contributed by atoms with Crippen molar-refractivity contribution in [3.8, 4) is 5.75 Å². The number of hydrogen-bond donors (Lipinski definition) is 1. The van der Waals surface area contributed by atoms with Crippen LogP contribution in [0.5, 0.6) is 5.75 Å². The molecule has 0 amide bonds. The van der Waals surface area contributed by atoms with Crippen molar-refractivity contribution in [1.29, 1.82) is 0 Å². The van der Waals surface area contributed by atoms with Gasteiger partial charge in [0.15, 0.2) is 0 Å². The lowest BCUT2D eigenvalue weighted by Crippen LogP contribution is -2.36. The van der Waals surface area contributed by atoms with Crippen LogP contribution < -0.4 is 10.1 Å². The van der Waals surface area contributed by atoms with Crippen LogP contribution in [0.3, 0.4) is 0 Å². The van der Waals surface area contributed by atoms with Gasteiger partial charge in [0.05, 0.1) is 6.61 Å². The Balaban J connectivity index is 1.89. The standard InChI is InChI=1S/C17H27NO2/c1-13-5-4-6-14(2)17(13)18-15-7-9-16(10-8-15)20-12-11-19-3/h7-10,13-14,17-18H,4-6,11-12H2,1-3H3. The lowest BCUT2D eigenvalue weighted by Gasteiger charge is -2.35. The normalized spacial score (nSPS) is 26.2. The van der Waals surface area contributed by atoms with E-state index in [1.165, 1.54) is 24.9 Å². The molecule has 20 heavy (non-hydrogen) atoms. The lowest BCUT2D eigenvalue weighted by atomic mass is 9.78. The minimum absolute atomic E-state index is 0.587. The second-order valence-corrected chi connectivity index (χ2v) is 5.92. The fourth-order valence-corrected chi connectivity index (χ4v) is 3.05. The second-order valence-electron chi connectivity index (χ2n) is 5.92. The average Bonchev–Trinajstić information content (AvgIpc) is 2.45. The fraction of sp³-hybridized carbons (Fsp3) is 0.647. The number of benzene rings is 1. The minimum atomic E-state index is 0.587. The summed E-state index contributed by atoms with van der Waals surface area (Å²) in [6, 6.07) is 8.85. The molecule has 1 aromatic carbocycles. The molecule has 0 aliphatic heterocycles. The summed E-state index contributed by atoms with van der Waals surface area (Å²) in [5.41, 5.74) is 1.19. The number of nitrogens with one attached hydrogen (secondary N) is 1. The highest BCUT2D eigenvalue weighted by molar-refractivity contribution is 5.47. The second kappa shape index (κ2) is 7.53. The monoisotopic (exact) mass is 277 g/mol. The largest absolute Gasteiger partial charge is 0.491 e. The molecular weight excluding hydrogens is 250 g/mol. The van der Waals surface area contributed by atoms with Gasteiger partial charge in [-0.15, -0.1) is 0 Å². The Labute approximate surface area is 122 Å². The zero-order valence-corrected chi connectivity index (χ0v) is 12.9. The van der Waals surface area contributed by atoms with E-state index >= 15 is 0 Å². The van der Waals surface area contributed by atoms with Crippen LogP contribution in [-0.2, 0) is 4.74 Å². The van der Waals surface area contributed by atoms with E-state index in [-0.39, 0.29) is 0 Å². The number of anilines is 1. The van der Waals surface area contributed by atoms with Crippen LogP contribution >= 0.6 is 0 Å². The van der Waals surface area contributed by atoms with Crippen molar-refractivity contribution in [1.82, 2.24) is 0 Å².